The molecule has 1 amide bonds. The van der Waals surface area contributed by atoms with Crippen molar-refractivity contribution >= 4 is 5.91 Å². The summed E-state index contributed by atoms with van der Waals surface area (Å²) in [5.74, 6) is -0.0597. The second-order valence-electron chi connectivity index (χ2n) is 4.36. The first kappa shape index (κ1) is 11.1. The molecule has 1 fully saturated rings. The number of carbonyl (C=O) groups excluding carboxylic acids is 1. The molecule has 0 bridgehead atoms. The molecule has 0 spiro atoms. The van der Waals surface area contributed by atoms with Crippen LogP contribution in [0.15, 0.2) is 24.5 Å². The molecule has 16 heavy (non-hydrogen) atoms. The van der Waals surface area contributed by atoms with E-state index in [4.69, 9.17) is 4.74 Å². The van der Waals surface area contributed by atoms with Crippen LogP contribution in [0, 0.1) is 5.41 Å². The number of amides is 1. The van der Waals surface area contributed by atoms with Crippen molar-refractivity contribution in [1.82, 2.24) is 10.3 Å². The van der Waals surface area contributed by atoms with Crippen molar-refractivity contribution in [3.63, 3.8) is 0 Å². The van der Waals surface area contributed by atoms with Gasteiger partial charge in [-0.3, -0.25) is 9.78 Å². The minimum atomic E-state index is -0.0597. The minimum absolute atomic E-state index is 0.0597. The van der Waals surface area contributed by atoms with Gasteiger partial charge < -0.3 is 10.1 Å². The summed E-state index contributed by atoms with van der Waals surface area (Å²) in [4.78, 5) is 15.6. The highest BCUT2D eigenvalue weighted by Crippen LogP contribution is 2.45. The fourth-order valence-electron chi connectivity index (χ4n) is 1.72. The van der Waals surface area contributed by atoms with Crippen LogP contribution in [-0.4, -0.2) is 31.2 Å². The van der Waals surface area contributed by atoms with E-state index in [1.165, 1.54) is 0 Å². The zero-order valence-corrected chi connectivity index (χ0v) is 9.40. The van der Waals surface area contributed by atoms with Gasteiger partial charge in [0.25, 0.3) is 5.91 Å². The van der Waals surface area contributed by atoms with Crippen molar-refractivity contribution in [1.29, 1.82) is 0 Å². The molecule has 4 heteroatoms. The topological polar surface area (TPSA) is 51.2 Å². The zero-order chi connectivity index (χ0) is 11.4. The predicted octanol–water partition coefficient (Wildman–Crippen LogP) is 1.24. The number of nitrogens with zero attached hydrogens (tertiary/aromatic N) is 1. The quantitative estimate of drug-likeness (QED) is 0.812. The van der Waals surface area contributed by atoms with E-state index in [1.54, 1.807) is 31.6 Å². The van der Waals surface area contributed by atoms with Crippen LogP contribution in [0.1, 0.15) is 23.2 Å². The van der Waals surface area contributed by atoms with E-state index >= 15 is 0 Å². The zero-order valence-electron chi connectivity index (χ0n) is 9.40. The number of aromatic nitrogens is 1. The molecule has 0 radical (unpaired) electrons. The average molecular weight is 220 g/mol. The highest BCUT2D eigenvalue weighted by Gasteiger charge is 2.42. The van der Waals surface area contributed by atoms with Gasteiger partial charge in [-0.1, -0.05) is 0 Å². The minimum Gasteiger partial charge on any atom is -0.384 e. The summed E-state index contributed by atoms with van der Waals surface area (Å²) in [6.07, 6.45) is 5.50. The highest BCUT2D eigenvalue weighted by molar-refractivity contribution is 5.93. The Bertz CT molecular complexity index is 361. The van der Waals surface area contributed by atoms with Gasteiger partial charge in [0.2, 0.25) is 0 Å². The number of methoxy groups -OCH3 is 1. The van der Waals surface area contributed by atoms with Crippen molar-refractivity contribution in [3.8, 4) is 0 Å². The molecule has 1 aliphatic carbocycles. The molecule has 86 valence electrons. The molecule has 2 rings (SSSR count). The van der Waals surface area contributed by atoms with E-state index in [-0.39, 0.29) is 11.3 Å². The van der Waals surface area contributed by atoms with E-state index < -0.39 is 0 Å². The Labute approximate surface area is 95.0 Å². The third-order valence-corrected chi connectivity index (χ3v) is 2.96. The van der Waals surface area contributed by atoms with Gasteiger partial charge >= 0.3 is 0 Å². The van der Waals surface area contributed by atoms with Gasteiger partial charge in [0.15, 0.2) is 0 Å². The second-order valence-corrected chi connectivity index (χ2v) is 4.36. The molecule has 1 N–H and O–H groups in total. The lowest BCUT2D eigenvalue weighted by atomic mass is 10.1. The summed E-state index contributed by atoms with van der Waals surface area (Å²) < 4.78 is 5.14. The Kier molecular flexibility index (Phi) is 3.19. The molecule has 1 saturated carbocycles. The molecule has 0 aliphatic heterocycles. The lowest BCUT2D eigenvalue weighted by molar-refractivity contribution is 0.0919. The predicted molar refractivity (Wildman–Crippen MR) is 60.1 cm³/mol. The maximum Gasteiger partial charge on any atom is 0.252 e. The van der Waals surface area contributed by atoms with Crippen molar-refractivity contribution in [3.05, 3.63) is 30.1 Å². The summed E-state index contributed by atoms with van der Waals surface area (Å²) in [6.45, 7) is 1.41. The molecule has 1 aliphatic rings. The van der Waals surface area contributed by atoms with E-state index in [0.29, 0.717) is 12.1 Å². The van der Waals surface area contributed by atoms with E-state index in [2.05, 4.69) is 10.3 Å². The Morgan fingerprint density at radius 2 is 2.44 bits per heavy atom. The number of hydrogen-bond acceptors (Lipinski definition) is 3. The van der Waals surface area contributed by atoms with Gasteiger partial charge in [-0.15, -0.1) is 0 Å². The number of nitrogens with one attached hydrogen (secondary N) is 1. The van der Waals surface area contributed by atoms with Gasteiger partial charge in [0, 0.05) is 31.5 Å². The first-order valence-corrected chi connectivity index (χ1v) is 5.43. The highest BCUT2D eigenvalue weighted by atomic mass is 16.5. The molecule has 0 aromatic carbocycles. The lowest BCUT2D eigenvalue weighted by Crippen LogP contribution is -2.32. The van der Waals surface area contributed by atoms with Gasteiger partial charge in [-0.2, -0.15) is 0 Å². The molecule has 4 nitrogen and oxygen atoms in total. The smallest absolute Gasteiger partial charge is 0.252 e. The largest absolute Gasteiger partial charge is 0.384 e. The van der Waals surface area contributed by atoms with Crippen LogP contribution in [0.2, 0.25) is 0 Å². The van der Waals surface area contributed by atoms with Crippen LogP contribution in [-0.2, 0) is 4.74 Å². The fraction of sp³-hybridized carbons (Fsp3) is 0.500. The number of hydrogen-bond donors (Lipinski definition) is 1. The SMILES string of the molecule is COCC1(CNC(=O)c2cccnc2)CC1. The lowest BCUT2D eigenvalue weighted by Gasteiger charge is -2.14. The summed E-state index contributed by atoms with van der Waals surface area (Å²) in [5, 5.41) is 2.93. The number of rotatable bonds is 5. The van der Waals surface area contributed by atoms with Crippen LogP contribution in [0.3, 0.4) is 0 Å². The number of carbonyl (C=O) groups is 1. The standard InChI is InChI=1S/C12H16N2O2/c1-16-9-12(4-5-12)8-14-11(15)10-3-2-6-13-7-10/h2-3,6-7H,4-5,8-9H2,1H3,(H,14,15). The Balaban J connectivity index is 1.85. The van der Waals surface area contributed by atoms with E-state index in [9.17, 15) is 4.79 Å². The Morgan fingerprint density at radius 3 is 3.00 bits per heavy atom. The van der Waals surface area contributed by atoms with E-state index in [1.807, 2.05) is 0 Å². The Morgan fingerprint density at radius 1 is 1.62 bits per heavy atom. The van der Waals surface area contributed by atoms with Crippen LogP contribution >= 0.6 is 0 Å². The van der Waals surface area contributed by atoms with Crippen LogP contribution in [0.4, 0.5) is 0 Å². The van der Waals surface area contributed by atoms with Gasteiger partial charge in [0.1, 0.15) is 0 Å². The molecule has 0 saturated heterocycles. The summed E-state index contributed by atoms with van der Waals surface area (Å²) in [7, 11) is 1.70. The third-order valence-electron chi connectivity index (χ3n) is 2.96. The third kappa shape index (κ3) is 2.58. The van der Waals surface area contributed by atoms with Crippen molar-refractivity contribution in [2.45, 2.75) is 12.8 Å². The number of ether oxygens (including phenoxy) is 1. The van der Waals surface area contributed by atoms with E-state index in [0.717, 1.165) is 19.4 Å². The average Bonchev–Trinajstić information content (AvgIpc) is 3.08. The molecule has 0 atom stereocenters. The fourth-order valence-corrected chi connectivity index (χ4v) is 1.72. The molecule has 1 heterocycles. The van der Waals surface area contributed by atoms with Crippen LogP contribution in [0.25, 0.3) is 0 Å². The van der Waals surface area contributed by atoms with Crippen molar-refractivity contribution < 1.29 is 9.53 Å². The van der Waals surface area contributed by atoms with Crippen molar-refractivity contribution in [2.75, 3.05) is 20.3 Å². The monoisotopic (exact) mass is 220 g/mol. The molecular weight excluding hydrogens is 204 g/mol. The number of pyridine rings is 1. The molecule has 1 aromatic rings. The normalized spacial score (nSPS) is 16.8. The van der Waals surface area contributed by atoms with Crippen molar-refractivity contribution in [2.24, 2.45) is 5.41 Å². The van der Waals surface area contributed by atoms with Gasteiger partial charge in [0.05, 0.1) is 12.2 Å². The molecule has 0 unspecified atom stereocenters. The van der Waals surface area contributed by atoms with Crippen LogP contribution < -0.4 is 5.32 Å². The van der Waals surface area contributed by atoms with Gasteiger partial charge in [-0.25, -0.2) is 0 Å². The van der Waals surface area contributed by atoms with Crippen LogP contribution in [0.5, 0.6) is 0 Å². The second kappa shape index (κ2) is 4.61. The Hall–Kier alpha value is -1.42. The summed E-state index contributed by atoms with van der Waals surface area (Å²) in [6, 6.07) is 3.52. The first-order chi connectivity index (χ1) is 7.76. The summed E-state index contributed by atoms with van der Waals surface area (Å²) in [5.41, 5.74) is 0.794. The van der Waals surface area contributed by atoms with Gasteiger partial charge in [-0.05, 0) is 25.0 Å². The molecular formula is C12H16N2O2. The summed E-state index contributed by atoms with van der Waals surface area (Å²) >= 11 is 0. The maximum absolute atomic E-state index is 11.7. The molecule has 1 aromatic heterocycles. The maximum atomic E-state index is 11.7. The first-order valence-electron chi connectivity index (χ1n) is 5.43.